The summed E-state index contributed by atoms with van der Waals surface area (Å²) in [5, 5.41) is 0. The lowest BCUT2D eigenvalue weighted by molar-refractivity contribution is -0.155. The Bertz CT molecular complexity index is 333. The molecule has 0 saturated heterocycles. The Labute approximate surface area is 91.0 Å². The molecule has 1 rings (SSSR count). The highest BCUT2D eigenvalue weighted by atomic mass is 19.4. The summed E-state index contributed by atoms with van der Waals surface area (Å²) >= 11 is 0. The largest absolute Gasteiger partial charge is 0.395 e. The summed E-state index contributed by atoms with van der Waals surface area (Å²) in [5.41, 5.74) is 0.822. The van der Waals surface area contributed by atoms with Gasteiger partial charge in [-0.05, 0) is 5.56 Å². The van der Waals surface area contributed by atoms with Crippen LogP contribution in [0.3, 0.4) is 0 Å². The SMILES string of the molecule is O=C(COCc1ccccc1)CC(F)(F)F. The second-order valence-corrected chi connectivity index (χ2v) is 3.31. The van der Waals surface area contributed by atoms with Gasteiger partial charge in [0, 0.05) is 0 Å². The first-order valence-corrected chi connectivity index (χ1v) is 4.67. The van der Waals surface area contributed by atoms with Crippen LogP contribution in [0.4, 0.5) is 13.2 Å². The minimum absolute atomic E-state index is 0.143. The first kappa shape index (κ1) is 12.7. The van der Waals surface area contributed by atoms with Gasteiger partial charge in [0.25, 0.3) is 0 Å². The fraction of sp³-hybridized carbons (Fsp3) is 0.364. The van der Waals surface area contributed by atoms with E-state index in [1.54, 1.807) is 24.3 Å². The number of ketones is 1. The number of ether oxygens (including phenoxy) is 1. The molecule has 0 aliphatic rings. The van der Waals surface area contributed by atoms with Crippen LogP contribution in [0.1, 0.15) is 12.0 Å². The Morgan fingerprint density at radius 1 is 1.19 bits per heavy atom. The third-order valence-electron chi connectivity index (χ3n) is 1.77. The molecule has 16 heavy (non-hydrogen) atoms. The van der Waals surface area contributed by atoms with Crippen LogP contribution in [0.15, 0.2) is 30.3 Å². The lowest BCUT2D eigenvalue weighted by Crippen LogP contribution is -2.18. The summed E-state index contributed by atoms with van der Waals surface area (Å²) in [6.45, 7) is -0.362. The molecule has 0 heterocycles. The average Bonchev–Trinajstić information content (AvgIpc) is 2.16. The van der Waals surface area contributed by atoms with E-state index >= 15 is 0 Å². The zero-order chi connectivity index (χ0) is 12.0. The van der Waals surface area contributed by atoms with Crippen LogP contribution in [0.2, 0.25) is 0 Å². The van der Waals surface area contributed by atoms with E-state index in [4.69, 9.17) is 4.74 Å². The summed E-state index contributed by atoms with van der Waals surface area (Å²) in [6.07, 6.45) is -5.88. The maximum Gasteiger partial charge on any atom is 0.395 e. The van der Waals surface area contributed by atoms with E-state index in [2.05, 4.69) is 0 Å². The van der Waals surface area contributed by atoms with E-state index in [1.165, 1.54) is 0 Å². The molecule has 0 N–H and O–H groups in total. The number of halogens is 3. The molecule has 5 heteroatoms. The predicted octanol–water partition coefficient (Wildman–Crippen LogP) is 2.72. The number of hydrogen-bond donors (Lipinski definition) is 0. The van der Waals surface area contributed by atoms with E-state index in [9.17, 15) is 18.0 Å². The van der Waals surface area contributed by atoms with Crippen molar-refractivity contribution >= 4 is 5.78 Å². The molecule has 0 fully saturated rings. The number of alkyl halides is 3. The first-order valence-electron chi connectivity index (χ1n) is 4.67. The van der Waals surface area contributed by atoms with Crippen molar-refractivity contribution in [3.8, 4) is 0 Å². The molecule has 88 valence electrons. The topological polar surface area (TPSA) is 26.3 Å². The van der Waals surface area contributed by atoms with Gasteiger partial charge in [0.2, 0.25) is 0 Å². The number of rotatable bonds is 5. The van der Waals surface area contributed by atoms with Gasteiger partial charge in [-0.2, -0.15) is 13.2 Å². The van der Waals surface area contributed by atoms with Gasteiger partial charge in [-0.25, -0.2) is 0 Å². The minimum Gasteiger partial charge on any atom is -0.369 e. The van der Waals surface area contributed by atoms with Crippen molar-refractivity contribution in [3.63, 3.8) is 0 Å². The third kappa shape index (κ3) is 5.50. The molecule has 0 aliphatic carbocycles. The number of benzene rings is 1. The number of hydrogen-bond acceptors (Lipinski definition) is 2. The van der Waals surface area contributed by atoms with Gasteiger partial charge in [-0.1, -0.05) is 30.3 Å². The Hall–Kier alpha value is -1.36. The Kier molecular flexibility index (Phi) is 4.49. The standard InChI is InChI=1S/C11H11F3O2/c12-11(13,14)6-10(15)8-16-7-9-4-2-1-3-5-9/h1-5H,6-8H2. The van der Waals surface area contributed by atoms with E-state index in [-0.39, 0.29) is 6.61 Å². The van der Waals surface area contributed by atoms with Gasteiger partial charge < -0.3 is 4.74 Å². The molecule has 0 amide bonds. The lowest BCUT2D eigenvalue weighted by atomic mass is 10.2. The highest BCUT2D eigenvalue weighted by Crippen LogP contribution is 2.19. The maximum atomic E-state index is 11.8. The monoisotopic (exact) mass is 232 g/mol. The van der Waals surface area contributed by atoms with Crippen molar-refractivity contribution in [1.82, 2.24) is 0 Å². The van der Waals surface area contributed by atoms with Crippen LogP contribution in [0, 0.1) is 0 Å². The zero-order valence-electron chi connectivity index (χ0n) is 8.46. The Balaban J connectivity index is 2.24. The Morgan fingerprint density at radius 3 is 2.38 bits per heavy atom. The average molecular weight is 232 g/mol. The van der Waals surface area contributed by atoms with Gasteiger partial charge in [-0.15, -0.1) is 0 Å². The van der Waals surface area contributed by atoms with E-state index in [0.29, 0.717) is 0 Å². The molecular formula is C11H11F3O2. The molecule has 0 saturated carbocycles. The molecule has 1 aromatic rings. The highest BCUT2D eigenvalue weighted by Gasteiger charge is 2.30. The second kappa shape index (κ2) is 5.65. The number of carbonyl (C=O) groups is 1. The third-order valence-corrected chi connectivity index (χ3v) is 1.77. The Morgan fingerprint density at radius 2 is 1.81 bits per heavy atom. The van der Waals surface area contributed by atoms with Crippen LogP contribution < -0.4 is 0 Å². The van der Waals surface area contributed by atoms with Crippen molar-refractivity contribution in [2.75, 3.05) is 6.61 Å². The molecule has 0 aromatic heterocycles. The van der Waals surface area contributed by atoms with Gasteiger partial charge in [-0.3, -0.25) is 4.79 Å². The minimum atomic E-state index is -4.45. The van der Waals surface area contributed by atoms with Gasteiger partial charge in [0.05, 0.1) is 6.61 Å². The highest BCUT2D eigenvalue weighted by molar-refractivity contribution is 5.80. The van der Waals surface area contributed by atoms with Crippen molar-refractivity contribution in [3.05, 3.63) is 35.9 Å². The number of Topliss-reactive ketones (excluding diaryl/α,β-unsaturated/α-hetero) is 1. The van der Waals surface area contributed by atoms with Crippen LogP contribution >= 0.6 is 0 Å². The summed E-state index contributed by atoms with van der Waals surface area (Å²) in [7, 11) is 0. The summed E-state index contributed by atoms with van der Waals surface area (Å²) in [5.74, 6) is -0.955. The normalized spacial score (nSPS) is 11.4. The van der Waals surface area contributed by atoms with Gasteiger partial charge in [0.15, 0.2) is 5.78 Å². The van der Waals surface area contributed by atoms with Crippen LogP contribution in [0.5, 0.6) is 0 Å². The fourth-order valence-electron chi connectivity index (χ4n) is 1.13. The molecule has 0 aliphatic heterocycles. The molecule has 0 radical (unpaired) electrons. The van der Waals surface area contributed by atoms with E-state index < -0.39 is 25.0 Å². The van der Waals surface area contributed by atoms with Crippen molar-refractivity contribution < 1.29 is 22.7 Å². The zero-order valence-corrected chi connectivity index (χ0v) is 8.46. The van der Waals surface area contributed by atoms with Crippen molar-refractivity contribution in [1.29, 1.82) is 0 Å². The quantitative estimate of drug-likeness (QED) is 0.780. The van der Waals surface area contributed by atoms with Crippen LogP contribution in [-0.4, -0.2) is 18.6 Å². The fourth-order valence-corrected chi connectivity index (χ4v) is 1.13. The molecule has 0 unspecified atom stereocenters. The van der Waals surface area contributed by atoms with Crippen LogP contribution in [0.25, 0.3) is 0 Å². The van der Waals surface area contributed by atoms with E-state index in [0.717, 1.165) is 5.56 Å². The first-order chi connectivity index (χ1) is 7.47. The van der Waals surface area contributed by atoms with Crippen molar-refractivity contribution in [2.24, 2.45) is 0 Å². The summed E-state index contributed by atoms with van der Waals surface area (Å²) in [6, 6.07) is 8.94. The summed E-state index contributed by atoms with van der Waals surface area (Å²) < 4.78 is 40.2. The smallest absolute Gasteiger partial charge is 0.369 e. The second-order valence-electron chi connectivity index (χ2n) is 3.31. The molecular weight excluding hydrogens is 221 g/mol. The van der Waals surface area contributed by atoms with Gasteiger partial charge >= 0.3 is 6.18 Å². The maximum absolute atomic E-state index is 11.8. The number of carbonyl (C=O) groups excluding carboxylic acids is 1. The molecule has 2 nitrogen and oxygen atoms in total. The molecule has 0 spiro atoms. The van der Waals surface area contributed by atoms with Crippen LogP contribution in [-0.2, 0) is 16.1 Å². The molecule has 0 bridgehead atoms. The lowest BCUT2D eigenvalue weighted by Gasteiger charge is -2.06. The van der Waals surface area contributed by atoms with Crippen molar-refractivity contribution in [2.45, 2.75) is 19.2 Å². The molecule has 0 atom stereocenters. The summed E-state index contributed by atoms with van der Waals surface area (Å²) in [4.78, 5) is 10.8. The van der Waals surface area contributed by atoms with E-state index in [1.807, 2.05) is 6.07 Å². The molecule has 1 aromatic carbocycles. The predicted molar refractivity (Wildman–Crippen MR) is 51.8 cm³/mol. The van der Waals surface area contributed by atoms with Gasteiger partial charge in [0.1, 0.15) is 13.0 Å².